The smallest absolute Gasteiger partial charge is 0.294 e. The highest BCUT2D eigenvalue weighted by Gasteiger charge is 2.36. The van der Waals surface area contributed by atoms with E-state index < -0.39 is 10.2 Å². The quantitative estimate of drug-likeness (QED) is 0.693. The lowest BCUT2D eigenvalue weighted by atomic mass is 9.80. The molecule has 0 bridgehead atoms. The predicted molar refractivity (Wildman–Crippen MR) is 89.0 cm³/mol. The second-order valence-electron chi connectivity index (χ2n) is 6.11. The van der Waals surface area contributed by atoms with E-state index >= 15 is 0 Å². The summed E-state index contributed by atoms with van der Waals surface area (Å²) in [5.74, 6) is -0.193. The van der Waals surface area contributed by atoms with E-state index in [0.717, 1.165) is 22.5 Å². The minimum atomic E-state index is -4.58. The SMILES string of the molecule is CN1c2ccccc2C(c2ccccc2)c2c(O[Cl+3]([O-])([O-])[O-])cccc21. The summed E-state index contributed by atoms with van der Waals surface area (Å²) in [6.45, 7) is 0. The molecular formula is C20H16ClNO4. The van der Waals surface area contributed by atoms with E-state index in [-0.39, 0.29) is 11.7 Å². The van der Waals surface area contributed by atoms with Crippen LogP contribution in [0.1, 0.15) is 22.6 Å². The van der Waals surface area contributed by atoms with Crippen LogP contribution in [0.4, 0.5) is 11.4 Å². The molecule has 3 aromatic rings. The largest absolute Gasteiger partial charge is 0.344 e. The Hall–Kier alpha value is -2.57. The zero-order chi connectivity index (χ0) is 18.3. The standard InChI is InChI=1S/C20H16ClNO4/c1-22-16-11-6-5-10-15(16)19(14-8-3-2-4-9-14)20-17(22)12-7-13-18(20)26-21(23,24)25/h2-13,19H,1H3. The minimum absolute atomic E-state index is 0.0503. The number of rotatable bonds is 3. The lowest BCUT2D eigenvalue weighted by Crippen LogP contribution is -2.63. The van der Waals surface area contributed by atoms with Crippen LogP contribution in [0.5, 0.6) is 5.75 Å². The molecule has 0 aliphatic carbocycles. The third-order valence-electron chi connectivity index (χ3n) is 4.61. The second kappa shape index (κ2) is 6.30. The molecule has 0 saturated heterocycles. The van der Waals surface area contributed by atoms with Crippen molar-refractivity contribution in [2.24, 2.45) is 0 Å². The van der Waals surface area contributed by atoms with Gasteiger partial charge in [0.15, 0.2) is 0 Å². The predicted octanol–water partition coefficient (Wildman–Crippen LogP) is 1.22. The van der Waals surface area contributed by atoms with Crippen molar-refractivity contribution in [2.75, 3.05) is 11.9 Å². The van der Waals surface area contributed by atoms with Gasteiger partial charge in [0.2, 0.25) is 0 Å². The first-order valence-electron chi connectivity index (χ1n) is 8.06. The topological polar surface area (TPSA) is 81.7 Å². The molecule has 5 nitrogen and oxygen atoms in total. The van der Waals surface area contributed by atoms with Crippen LogP contribution in [0.25, 0.3) is 0 Å². The Morgan fingerprint density at radius 3 is 2.19 bits per heavy atom. The molecule has 0 aromatic heterocycles. The molecule has 132 valence electrons. The molecule has 1 unspecified atom stereocenters. The molecular weight excluding hydrogens is 354 g/mol. The molecule has 1 atom stereocenters. The van der Waals surface area contributed by atoms with Crippen LogP contribution >= 0.6 is 0 Å². The summed E-state index contributed by atoms with van der Waals surface area (Å²) in [6.07, 6.45) is 0. The van der Waals surface area contributed by atoms with Gasteiger partial charge in [-0.3, -0.25) is 0 Å². The van der Waals surface area contributed by atoms with Crippen molar-refractivity contribution in [3.8, 4) is 5.75 Å². The van der Waals surface area contributed by atoms with E-state index in [9.17, 15) is 14.0 Å². The molecule has 0 fully saturated rings. The first-order chi connectivity index (χ1) is 12.5. The summed E-state index contributed by atoms with van der Waals surface area (Å²) in [7, 11) is -2.68. The molecule has 0 saturated carbocycles. The number of fused-ring (bicyclic) bond motifs is 2. The third kappa shape index (κ3) is 2.91. The van der Waals surface area contributed by atoms with Gasteiger partial charge in [0.05, 0.1) is 0 Å². The average molecular weight is 370 g/mol. The molecule has 1 aliphatic rings. The maximum Gasteiger partial charge on any atom is 0.294 e. The number of para-hydroxylation sites is 1. The Balaban J connectivity index is 1.99. The van der Waals surface area contributed by atoms with Gasteiger partial charge in [-0.2, -0.15) is 14.0 Å². The molecule has 1 heterocycles. The third-order valence-corrected chi connectivity index (χ3v) is 4.97. The summed E-state index contributed by atoms with van der Waals surface area (Å²) in [4.78, 5) is 1.98. The molecule has 0 radical (unpaired) electrons. The van der Waals surface area contributed by atoms with Crippen LogP contribution in [0, 0.1) is 10.2 Å². The highest BCUT2D eigenvalue weighted by atomic mass is 35.7. The lowest BCUT2D eigenvalue weighted by molar-refractivity contribution is -1.91. The summed E-state index contributed by atoms with van der Waals surface area (Å²) < 4.78 is 38.5. The highest BCUT2D eigenvalue weighted by Crippen LogP contribution is 2.51. The van der Waals surface area contributed by atoms with Crippen LogP contribution < -0.4 is 23.2 Å². The summed E-state index contributed by atoms with van der Waals surface area (Å²) in [5.41, 5.74) is 4.49. The highest BCUT2D eigenvalue weighted by molar-refractivity contribution is 5.79. The van der Waals surface area contributed by atoms with Crippen molar-refractivity contribution >= 4 is 11.4 Å². The fourth-order valence-electron chi connectivity index (χ4n) is 3.60. The van der Waals surface area contributed by atoms with Gasteiger partial charge in [-0.1, -0.05) is 58.9 Å². The number of anilines is 2. The maximum atomic E-state index is 11.2. The van der Waals surface area contributed by atoms with Crippen molar-refractivity contribution in [1.82, 2.24) is 0 Å². The molecule has 0 spiro atoms. The number of nitrogens with zero attached hydrogens (tertiary/aromatic N) is 1. The van der Waals surface area contributed by atoms with Crippen molar-refractivity contribution in [1.29, 1.82) is 0 Å². The van der Waals surface area contributed by atoms with Gasteiger partial charge in [0, 0.05) is 29.9 Å². The average Bonchev–Trinajstić information content (AvgIpc) is 2.62. The Morgan fingerprint density at radius 1 is 0.808 bits per heavy atom. The van der Waals surface area contributed by atoms with Crippen LogP contribution in [-0.2, 0) is 0 Å². The van der Waals surface area contributed by atoms with Gasteiger partial charge in [-0.25, -0.2) is 0 Å². The van der Waals surface area contributed by atoms with E-state index in [0.29, 0.717) is 5.56 Å². The van der Waals surface area contributed by atoms with Gasteiger partial charge in [-0.05, 0) is 29.3 Å². The van der Waals surface area contributed by atoms with Crippen LogP contribution in [0.2, 0.25) is 0 Å². The van der Waals surface area contributed by atoms with Gasteiger partial charge in [0.1, 0.15) is 10.2 Å². The summed E-state index contributed by atoms with van der Waals surface area (Å²) in [6, 6.07) is 22.8. The molecule has 0 amide bonds. The molecule has 6 heteroatoms. The first-order valence-corrected chi connectivity index (χ1v) is 9.30. The maximum absolute atomic E-state index is 11.2. The van der Waals surface area contributed by atoms with Gasteiger partial charge < -0.3 is 4.90 Å². The first kappa shape index (κ1) is 16.9. The monoisotopic (exact) mass is 369 g/mol. The number of benzene rings is 3. The van der Waals surface area contributed by atoms with E-state index in [1.807, 2.05) is 72.6 Å². The van der Waals surface area contributed by atoms with E-state index in [1.54, 1.807) is 6.07 Å². The van der Waals surface area contributed by atoms with Crippen LogP contribution in [0.15, 0.2) is 72.8 Å². The Morgan fingerprint density at radius 2 is 1.46 bits per heavy atom. The van der Waals surface area contributed by atoms with Crippen molar-refractivity contribution in [3.05, 3.63) is 89.5 Å². The van der Waals surface area contributed by atoms with Gasteiger partial charge in [0.25, 0.3) is 5.75 Å². The van der Waals surface area contributed by atoms with Crippen molar-refractivity contribution < 1.29 is 28.5 Å². The molecule has 26 heavy (non-hydrogen) atoms. The molecule has 4 rings (SSSR count). The van der Waals surface area contributed by atoms with Crippen LogP contribution in [-0.4, -0.2) is 7.05 Å². The Kier molecular flexibility index (Phi) is 4.09. The number of hydrogen-bond acceptors (Lipinski definition) is 5. The summed E-state index contributed by atoms with van der Waals surface area (Å²) in [5, 5.41) is 0. The Labute approximate surface area is 153 Å². The molecule has 0 N–H and O–H groups in total. The van der Waals surface area contributed by atoms with E-state index in [4.69, 9.17) is 4.29 Å². The normalized spacial score (nSPS) is 16.0. The Bertz CT molecular complexity index is 940. The number of halogens is 1. The minimum Gasteiger partial charge on any atom is -0.344 e. The van der Waals surface area contributed by atoms with Gasteiger partial charge in [-0.15, -0.1) is 0 Å². The lowest BCUT2D eigenvalue weighted by Gasteiger charge is -2.35. The van der Waals surface area contributed by atoms with Crippen LogP contribution in [0.3, 0.4) is 0 Å². The fourth-order valence-corrected chi connectivity index (χ4v) is 3.94. The fraction of sp³-hybridized carbons (Fsp3) is 0.100. The number of hydrogen-bond donors (Lipinski definition) is 0. The zero-order valence-electron chi connectivity index (χ0n) is 14.0. The zero-order valence-corrected chi connectivity index (χ0v) is 14.7. The molecule has 3 aromatic carbocycles. The van der Waals surface area contributed by atoms with Crippen molar-refractivity contribution in [2.45, 2.75) is 5.92 Å². The summed E-state index contributed by atoms with van der Waals surface area (Å²) >= 11 is 0. The molecule has 1 aliphatic heterocycles. The van der Waals surface area contributed by atoms with E-state index in [2.05, 4.69) is 0 Å². The van der Waals surface area contributed by atoms with Gasteiger partial charge >= 0.3 is 0 Å². The van der Waals surface area contributed by atoms with Crippen molar-refractivity contribution in [3.63, 3.8) is 0 Å². The second-order valence-corrected chi connectivity index (χ2v) is 7.02. The van der Waals surface area contributed by atoms with E-state index in [1.165, 1.54) is 6.07 Å².